The van der Waals surface area contributed by atoms with Crippen LogP contribution in [-0.4, -0.2) is 36.8 Å². The van der Waals surface area contributed by atoms with Gasteiger partial charge in [0, 0.05) is 11.3 Å². The second-order valence-corrected chi connectivity index (χ2v) is 8.05. The van der Waals surface area contributed by atoms with Crippen molar-refractivity contribution in [3.05, 3.63) is 29.8 Å². The van der Waals surface area contributed by atoms with Gasteiger partial charge in [-0.1, -0.05) is 0 Å². The first-order valence-electron chi connectivity index (χ1n) is 8.43. The summed E-state index contributed by atoms with van der Waals surface area (Å²) in [4.78, 5) is 9.61. The minimum absolute atomic E-state index is 0.181. The standard InChI is InChI=1S/C20H29N3O2/c1-19(2,3)22-15-12-14(21-18(15)23-20(4,5)6)13-9-10-16(24-7)17(11-13)25-8/h9-12H,1-8H3,(H,21,22,23). The van der Waals surface area contributed by atoms with E-state index in [1.54, 1.807) is 14.2 Å². The quantitative estimate of drug-likeness (QED) is 0.899. The Hall–Kier alpha value is -2.30. The molecule has 0 fully saturated rings. The lowest BCUT2D eigenvalue weighted by atomic mass is 10.1. The van der Waals surface area contributed by atoms with Crippen LogP contribution in [0.25, 0.3) is 5.70 Å². The van der Waals surface area contributed by atoms with Crippen molar-refractivity contribution >= 4 is 17.2 Å². The van der Waals surface area contributed by atoms with Crippen LogP contribution in [0.2, 0.25) is 0 Å². The number of nitrogens with one attached hydrogen (secondary N) is 1. The van der Waals surface area contributed by atoms with Crippen molar-refractivity contribution in [2.75, 3.05) is 14.2 Å². The highest BCUT2D eigenvalue weighted by Gasteiger charge is 2.24. The fourth-order valence-corrected chi connectivity index (χ4v) is 2.46. The summed E-state index contributed by atoms with van der Waals surface area (Å²) in [7, 11) is 3.27. The van der Waals surface area contributed by atoms with Crippen LogP contribution in [0.3, 0.4) is 0 Å². The molecule has 0 atom stereocenters. The van der Waals surface area contributed by atoms with Crippen molar-refractivity contribution in [1.29, 1.82) is 0 Å². The van der Waals surface area contributed by atoms with Gasteiger partial charge in [0.1, 0.15) is 5.71 Å². The summed E-state index contributed by atoms with van der Waals surface area (Å²) in [6.45, 7) is 12.5. The second kappa shape index (κ2) is 6.90. The average molecular weight is 343 g/mol. The van der Waals surface area contributed by atoms with Gasteiger partial charge in [0.2, 0.25) is 0 Å². The zero-order valence-corrected chi connectivity index (χ0v) is 16.5. The fourth-order valence-electron chi connectivity index (χ4n) is 2.46. The molecular weight excluding hydrogens is 314 g/mol. The van der Waals surface area contributed by atoms with Gasteiger partial charge in [-0.3, -0.25) is 9.98 Å². The van der Waals surface area contributed by atoms with E-state index >= 15 is 0 Å². The number of benzene rings is 1. The molecule has 5 nitrogen and oxygen atoms in total. The summed E-state index contributed by atoms with van der Waals surface area (Å²) in [5.74, 6) is 2.20. The van der Waals surface area contributed by atoms with Crippen molar-refractivity contribution in [3.8, 4) is 11.5 Å². The van der Waals surface area contributed by atoms with Gasteiger partial charge in [0.25, 0.3) is 0 Å². The van der Waals surface area contributed by atoms with Crippen LogP contribution in [0.4, 0.5) is 0 Å². The molecule has 0 unspecified atom stereocenters. The molecule has 136 valence electrons. The number of amidine groups is 1. The molecule has 0 amide bonds. The Morgan fingerprint density at radius 3 is 1.96 bits per heavy atom. The van der Waals surface area contributed by atoms with E-state index in [-0.39, 0.29) is 11.1 Å². The van der Waals surface area contributed by atoms with Crippen LogP contribution in [0.5, 0.6) is 11.5 Å². The highest BCUT2D eigenvalue weighted by atomic mass is 16.5. The number of methoxy groups -OCH3 is 2. The van der Waals surface area contributed by atoms with Gasteiger partial charge >= 0.3 is 0 Å². The summed E-state index contributed by atoms with van der Waals surface area (Å²) in [5, 5.41) is 3.41. The molecule has 0 radical (unpaired) electrons. The molecule has 0 saturated carbocycles. The highest BCUT2D eigenvalue weighted by molar-refractivity contribution is 6.51. The van der Waals surface area contributed by atoms with Crippen LogP contribution in [-0.2, 0) is 0 Å². The van der Waals surface area contributed by atoms with Crippen LogP contribution in [0, 0.1) is 0 Å². The molecule has 0 spiro atoms. The lowest BCUT2D eigenvalue weighted by molar-refractivity contribution is 0.355. The van der Waals surface area contributed by atoms with E-state index < -0.39 is 0 Å². The first-order valence-corrected chi connectivity index (χ1v) is 8.43. The highest BCUT2D eigenvalue weighted by Crippen LogP contribution is 2.31. The summed E-state index contributed by atoms with van der Waals surface area (Å²) in [6.07, 6.45) is 2.04. The third kappa shape index (κ3) is 5.08. The van der Waals surface area contributed by atoms with Gasteiger partial charge < -0.3 is 14.8 Å². The minimum Gasteiger partial charge on any atom is -0.493 e. The molecule has 0 bridgehead atoms. The minimum atomic E-state index is -0.193. The Balaban J connectivity index is 2.48. The number of hydrogen-bond acceptors (Lipinski definition) is 4. The number of ether oxygens (including phenoxy) is 2. The van der Waals surface area contributed by atoms with E-state index in [9.17, 15) is 0 Å². The number of nitrogens with zero attached hydrogens (tertiary/aromatic N) is 2. The van der Waals surface area contributed by atoms with Crippen LogP contribution in [0.1, 0.15) is 47.1 Å². The molecule has 1 aromatic rings. The van der Waals surface area contributed by atoms with E-state index in [1.807, 2.05) is 24.3 Å². The first-order chi connectivity index (χ1) is 11.5. The van der Waals surface area contributed by atoms with E-state index in [1.165, 1.54) is 0 Å². The number of aliphatic imine (C=N–C) groups is 2. The van der Waals surface area contributed by atoms with E-state index in [4.69, 9.17) is 19.5 Å². The molecule has 1 N–H and O–H groups in total. The average Bonchev–Trinajstić information content (AvgIpc) is 2.85. The lowest BCUT2D eigenvalue weighted by Crippen LogP contribution is -2.28. The van der Waals surface area contributed by atoms with Gasteiger partial charge in [-0.05, 0) is 65.8 Å². The lowest BCUT2D eigenvalue weighted by Gasteiger charge is -2.17. The molecule has 1 aromatic carbocycles. The van der Waals surface area contributed by atoms with Crippen LogP contribution in [0.15, 0.2) is 34.3 Å². The molecule has 1 aliphatic rings. The van der Waals surface area contributed by atoms with E-state index in [0.717, 1.165) is 22.8 Å². The Morgan fingerprint density at radius 2 is 1.44 bits per heavy atom. The SMILES string of the molecule is COc1ccc(C2=CC(=NC(C)(C)C)C(=NC(C)(C)C)N2)cc1OC. The van der Waals surface area contributed by atoms with E-state index in [0.29, 0.717) is 11.5 Å². The third-order valence-electron chi connectivity index (χ3n) is 3.37. The Bertz CT molecular complexity index is 732. The van der Waals surface area contributed by atoms with Crippen molar-refractivity contribution in [2.24, 2.45) is 9.98 Å². The van der Waals surface area contributed by atoms with Crippen molar-refractivity contribution in [3.63, 3.8) is 0 Å². The first kappa shape index (κ1) is 19.0. The molecule has 25 heavy (non-hydrogen) atoms. The molecule has 2 rings (SSSR count). The monoisotopic (exact) mass is 343 g/mol. The topological polar surface area (TPSA) is 55.2 Å². The zero-order chi connectivity index (χ0) is 18.8. The predicted molar refractivity (Wildman–Crippen MR) is 105 cm³/mol. The maximum absolute atomic E-state index is 5.41. The van der Waals surface area contributed by atoms with Crippen LogP contribution < -0.4 is 14.8 Å². The Morgan fingerprint density at radius 1 is 0.840 bits per heavy atom. The predicted octanol–water partition coefficient (Wildman–Crippen LogP) is 4.08. The van der Waals surface area contributed by atoms with Gasteiger partial charge in [-0.25, -0.2) is 0 Å². The van der Waals surface area contributed by atoms with Crippen LogP contribution >= 0.6 is 0 Å². The number of hydrogen-bond donors (Lipinski definition) is 1. The van der Waals surface area contributed by atoms with Crippen molar-refractivity contribution in [2.45, 2.75) is 52.6 Å². The fraction of sp³-hybridized carbons (Fsp3) is 0.500. The van der Waals surface area contributed by atoms with Crippen molar-refractivity contribution < 1.29 is 9.47 Å². The summed E-state index contributed by atoms with van der Waals surface area (Å²) >= 11 is 0. The maximum Gasteiger partial charge on any atom is 0.161 e. The molecule has 0 saturated heterocycles. The molecule has 0 aliphatic carbocycles. The smallest absolute Gasteiger partial charge is 0.161 e. The summed E-state index contributed by atoms with van der Waals surface area (Å²) < 4.78 is 10.7. The second-order valence-electron chi connectivity index (χ2n) is 8.05. The third-order valence-corrected chi connectivity index (χ3v) is 3.37. The Kier molecular flexibility index (Phi) is 5.26. The summed E-state index contributed by atoms with van der Waals surface area (Å²) in [6, 6.07) is 5.84. The molecule has 5 heteroatoms. The maximum atomic E-state index is 5.41. The molecular formula is C20H29N3O2. The molecule has 0 aromatic heterocycles. The van der Waals surface area contributed by atoms with Gasteiger partial charge in [-0.15, -0.1) is 0 Å². The zero-order valence-electron chi connectivity index (χ0n) is 16.5. The Labute approximate surface area is 150 Å². The molecule has 1 aliphatic heterocycles. The van der Waals surface area contributed by atoms with E-state index in [2.05, 4.69) is 46.9 Å². The number of rotatable bonds is 3. The molecule has 1 heterocycles. The van der Waals surface area contributed by atoms with Crippen molar-refractivity contribution in [1.82, 2.24) is 5.32 Å². The van der Waals surface area contributed by atoms with Gasteiger partial charge in [-0.2, -0.15) is 0 Å². The summed E-state index contributed by atoms with van der Waals surface area (Å²) in [5.41, 5.74) is 2.44. The van der Waals surface area contributed by atoms with Gasteiger partial charge in [0.15, 0.2) is 17.3 Å². The normalized spacial score (nSPS) is 18.3. The van der Waals surface area contributed by atoms with Gasteiger partial charge in [0.05, 0.1) is 25.3 Å². The largest absolute Gasteiger partial charge is 0.493 e.